The van der Waals surface area contributed by atoms with Gasteiger partial charge in [0.25, 0.3) is 5.79 Å². The molecular weight excluding hydrogens is 389 g/mol. The second-order valence-corrected chi connectivity index (χ2v) is 7.65. The number of ether oxygens (including phenoxy) is 3. The maximum absolute atomic E-state index is 13.0. The van der Waals surface area contributed by atoms with Crippen LogP contribution in [0.15, 0.2) is 24.5 Å². The molecule has 1 saturated carbocycles. The lowest BCUT2D eigenvalue weighted by atomic mass is 9.94. The maximum atomic E-state index is 13.0. The number of carbonyl (C=O) groups excluding carboxylic acids is 1. The van der Waals surface area contributed by atoms with Crippen molar-refractivity contribution in [3.63, 3.8) is 0 Å². The van der Waals surface area contributed by atoms with E-state index < -0.39 is 5.79 Å². The molecule has 4 rings (SSSR count). The third-order valence-electron chi connectivity index (χ3n) is 5.08. The summed E-state index contributed by atoms with van der Waals surface area (Å²) >= 11 is 12.3. The normalized spacial score (nSPS) is 17.1. The molecule has 1 aliphatic carbocycles. The summed E-state index contributed by atoms with van der Waals surface area (Å²) in [4.78, 5) is 17.0. The van der Waals surface area contributed by atoms with Gasteiger partial charge in [0.1, 0.15) is 0 Å². The Morgan fingerprint density at radius 3 is 2.44 bits per heavy atom. The molecule has 0 amide bonds. The molecule has 5 nitrogen and oxygen atoms in total. The van der Waals surface area contributed by atoms with E-state index >= 15 is 0 Å². The molecule has 27 heavy (non-hydrogen) atoms. The van der Waals surface area contributed by atoms with E-state index in [2.05, 4.69) is 4.98 Å². The average molecular weight is 408 g/mol. The highest BCUT2D eigenvalue weighted by atomic mass is 35.5. The number of methoxy groups -OCH3 is 1. The summed E-state index contributed by atoms with van der Waals surface area (Å²) in [6.07, 6.45) is 7.81. The molecule has 0 bridgehead atoms. The van der Waals surface area contributed by atoms with E-state index in [0.717, 1.165) is 32.1 Å². The molecular formula is C20H19Cl2NO4. The molecule has 2 aliphatic rings. The first kappa shape index (κ1) is 18.4. The first-order chi connectivity index (χ1) is 13.0. The van der Waals surface area contributed by atoms with Crippen molar-refractivity contribution in [1.82, 2.24) is 4.98 Å². The SMILES string of the molecule is COc1ccc(C(=O)Cc2c(Cl)cncc2Cl)c2c1OC1(CCCCC1)O2. The van der Waals surface area contributed by atoms with Gasteiger partial charge in [-0.05, 0) is 25.0 Å². The molecule has 1 aliphatic heterocycles. The number of nitrogens with zero attached hydrogens (tertiary/aromatic N) is 1. The van der Waals surface area contributed by atoms with Crippen molar-refractivity contribution in [2.75, 3.05) is 7.11 Å². The summed E-state index contributed by atoms with van der Waals surface area (Å²) in [7, 11) is 1.57. The number of benzene rings is 1. The summed E-state index contributed by atoms with van der Waals surface area (Å²) in [5, 5.41) is 0.726. The molecule has 0 radical (unpaired) electrons. The van der Waals surface area contributed by atoms with Crippen LogP contribution in [-0.4, -0.2) is 23.7 Å². The molecule has 2 heterocycles. The Kier molecular flexibility index (Phi) is 4.91. The molecule has 1 fully saturated rings. The van der Waals surface area contributed by atoms with Crippen LogP contribution in [0.3, 0.4) is 0 Å². The first-order valence-electron chi connectivity index (χ1n) is 8.93. The molecule has 7 heteroatoms. The largest absolute Gasteiger partial charge is 0.493 e. The van der Waals surface area contributed by atoms with Gasteiger partial charge in [-0.1, -0.05) is 29.6 Å². The minimum atomic E-state index is -0.698. The highest BCUT2D eigenvalue weighted by Crippen LogP contribution is 2.52. The number of aromatic nitrogens is 1. The predicted octanol–water partition coefficient (Wildman–Crippen LogP) is 5.25. The molecule has 0 atom stereocenters. The van der Waals surface area contributed by atoms with Gasteiger partial charge >= 0.3 is 0 Å². The quantitative estimate of drug-likeness (QED) is 0.647. The van der Waals surface area contributed by atoms with E-state index in [-0.39, 0.29) is 12.2 Å². The average Bonchev–Trinajstić information content (AvgIpc) is 3.02. The van der Waals surface area contributed by atoms with Gasteiger partial charge in [-0.3, -0.25) is 9.78 Å². The standard InChI is InChI=1S/C20H19Cl2NO4/c1-25-17-6-5-12(16(24)9-13-14(21)10-23-11-15(13)22)18-19(17)27-20(26-18)7-3-2-4-8-20/h5-6,10-11H,2-4,7-9H2,1H3. The monoisotopic (exact) mass is 407 g/mol. The molecule has 0 N–H and O–H groups in total. The van der Waals surface area contributed by atoms with Crippen molar-refractivity contribution in [2.24, 2.45) is 0 Å². The van der Waals surface area contributed by atoms with Gasteiger partial charge in [0.05, 0.1) is 22.7 Å². The number of halogens is 2. The number of rotatable bonds is 4. The Bertz CT molecular complexity index is 874. The van der Waals surface area contributed by atoms with Gasteiger partial charge in [0, 0.05) is 37.2 Å². The van der Waals surface area contributed by atoms with Crippen LogP contribution in [-0.2, 0) is 6.42 Å². The van der Waals surface area contributed by atoms with Crippen molar-refractivity contribution in [3.05, 3.63) is 45.7 Å². The number of carbonyl (C=O) groups is 1. The molecule has 1 aromatic heterocycles. The zero-order valence-electron chi connectivity index (χ0n) is 14.9. The summed E-state index contributed by atoms with van der Waals surface area (Å²) in [6.45, 7) is 0. The summed E-state index contributed by atoms with van der Waals surface area (Å²) in [5.74, 6) is 0.653. The number of ketones is 1. The van der Waals surface area contributed by atoms with Crippen molar-refractivity contribution in [2.45, 2.75) is 44.3 Å². The smallest absolute Gasteiger partial charge is 0.251 e. The Morgan fingerprint density at radius 1 is 1.11 bits per heavy atom. The Morgan fingerprint density at radius 2 is 1.78 bits per heavy atom. The van der Waals surface area contributed by atoms with Crippen molar-refractivity contribution >= 4 is 29.0 Å². The van der Waals surface area contributed by atoms with Gasteiger partial charge in [-0.15, -0.1) is 0 Å². The van der Waals surface area contributed by atoms with E-state index in [1.807, 2.05) is 0 Å². The molecule has 0 unspecified atom stereocenters. The molecule has 0 saturated heterocycles. The summed E-state index contributed by atoms with van der Waals surface area (Å²) < 4.78 is 17.8. The number of pyridine rings is 1. The van der Waals surface area contributed by atoms with Crippen LogP contribution in [0.1, 0.15) is 48.0 Å². The van der Waals surface area contributed by atoms with Crippen molar-refractivity contribution in [3.8, 4) is 17.2 Å². The van der Waals surface area contributed by atoms with Gasteiger partial charge in [-0.25, -0.2) is 0 Å². The second-order valence-electron chi connectivity index (χ2n) is 6.83. The maximum Gasteiger partial charge on any atom is 0.251 e. The molecule has 2 aromatic rings. The van der Waals surface area contributed by atoms with E-state index in [1.165, 1.54) is 12.4 Å². The lowest BCUT2D eigenvalue weighted by Gasteiger charge is -2.31. The minimum absolute atomic E-state index is 0.0509. The fraction of sp³-hybridized carbons (Fsp3) is 0.400. The van der Waals surface area contributed by atoms with Crippen LogP contribution >= 0.6 is 23.2 Å². The minimum Gasteiger partial charge on any atom is -0.493 e. The lowest BCUT2D eigenvalue weighted by molar-refractivity contribution is -0.106. The molecule has 1 spiro atoms. The Labute approximate surface area is 167 Å². The van der Waals surface area contributed by atoms with Gasteiger partial charge in [0.15, 0.2) is 17.3 Å². The molecule has 1 aromatic carbocycles. The summed E-state index contributed by atoms with van der Waals surface area (Å²) in [5.41, 5.74) is 0.992. The third kappa shape index (κ3) is 3.34. The fourth-order valence-electron chi connectivity index (χ4n) is 3.67. The van der Waals surface area contributed by atoms with E-state index in [0.29, 0.717) is 38.4 Å². The van der Waals surface area contributed by atoms with Gasteiger partial charge < -0.3 is 14.2 Å². The van der Waals surface area contributed by atoms with E-state index in [4.69, 9.17) is 37.4 Å². The zero-order valence-corrected chi connectivity index (χ0v) is 16.4. The van der Waals surface area contributed by atoms with Crippen LogP contribution in [0.5, 0.6) is 17.2 Å². The highest BCUT2D eigenvalue weighted by molar-refractivity contribution is 6.36. The van der Waals surface area contributed by atoms with E-state index in [9.17, 15) is 4.79 Å². The predicted molar refractivity (Wildman–Crippen MR) is 102 cm³/mol. The topological polar surface area (TPSA) is 57.7 Å². The third-order valence-corrected chi connectivity index (χ3v) is 5.73. The first-order valence-corrected chi connectivity index (χ1v) is 9.69. The molecule has 142 valence electrons. The Balaban J connectivity index is 1.69. The Hall–Kier alpha value is -1.98. The van der Waals surface area contributed by atoms with Crippen molar-refractivity contribution in [1.29, 1.82) is 0 Å². The number of Topliss-reactive ketones (excluding diaryl/α,β-unsaturated/α-hetero) is 1. The number of hydrogen-bond donors (Lipinski definition) is 0. The van der Waals surface area contributed by atoms with E-state index in [1.54, 1.807) is 19.2 Å². The van der Waals surface area contributed by atoms with Crippen LogP contribution < -0.4 is 14.2 Å². The van der Waals surface area contributed by atoms with Gasteiger partial charge in [-0.2, -0.15) is 0 Å². The van der Waals surface area contributed by atoms with Crippen LogP contribution in [0, 0.1) is 0 Å². The van der Waals surface area contributed by atoms with Crippen LogP contribution in [0.25, 0.3) is 0 Å². The summed E-state index contributed by atoms with van der Waals surface area (Å²) in [6, 6.07) is 3.43. The lowest BCUT2D eigenvalue weighted by Crippen LogP contribution is -2.40. The van der Waals surface area contributed by atoms with Gasteiger partial charge in [0.2, 0.25) is 5.75 Å². The van der Waals surface area contributed by atoms with Crippen LogP contribution in [0.2, 0.25) is 10.0 Å². The van der Waals surface area contributed by atoms with Crippen molar-refractivity contribution < 1.29 is 19.0 Å². The second kappa shape index (κ2) is 7.21. The zero-order chi connectivity index (χ0) is 19.0. The fourth-order valence-corrected chi connectivity index (χ4v) is 4.17. The van der Waals surface area contributed by atoms with Crippen LogP contribution in [0.4, 0.5) is 0 Å². The highest BCUT2D eigenvalue weighted by Gasteiger charge is 2.45. The number of hydrogen-bond acceptors (Lipinski definition) is 5. The number of fused-ring (bicyclic) bond motifs is 1.